The molecule has 2 aromatic heterocycles. The number of benzene rings is 7. The number of aromatic nitrogens is 2. The molecule has 0 N–H and O–H groups in total. The predicted octanol–water partition coefficient (Wildman–Crippen LogP) is 12.2. The second kappa shape index (κ2) is 10.4. The molecule has 0 atom stereocenters. The number of rotatable bonds is 2. The summed E-state index contributed by atoms with van der Waals surface area (Å²) in [6.07, 6.45) is 0. The van der Waals surface area contributed by atoms with E-state index in [1.165, 1.54) is 38.9 Å². The zero-order chi connectivity index (χ0) is 36.7. The minimum Gasteiger partial charge on any atom is -0.307 e. The zero-order valence-electron chi connectivity index (χ0n) is 30.5. The molecule has 54 heavy (non-hydrogen) atoms. The van der Waals surface area contributed by atoms with Crippen molar-refractivity contribution in [3.05, 3.63) is 167 Å². The maximum Gasteiger partial charge on any atom is 0.104 e. The van der Waals surface area contributed by atoms with E-state index >= 15 is 0 Å². The first kappa shape index (κ1) is 30.7. The molecule has 2 heterocycles. The predicted molar refractivity (Wildman–Crippen MR) is 220 cm³/mol. The first-order valence-corrected chi connectivity index (χ1v) is 18.6. The SMILES string of the molecule is CC1(C)c2ccccc2-c2c1ccc1c3ccccc3n(-c3ccc(C#N)c(-n4c5ccccc5c5ccc6c(c54)-c4ccccc4C6(C)C)c3C#N)c21. The van der Waals surface area contributed by atoms with Gasteiger partial charge in [-0.3, -0.25) is 0 Å². The van der Waals surface area contributed by atoms with E-state index in [1.54, 1.807) is 0 Å². The van der Waals surface area contributed by atoms with Crippen molar-refractivity contribution in [2.45, 2.75) is 38.5 Å². The number of hydrogen-bond donors (Lipinski definition) is 0. The van der Waals surface area contributed by atoms with Gasteiger partial charge in [-0.05, 0) is 57.6 Å². The van der Waals surface area contributed by atoms with E-state index in [2.05, 4.69) is 164 Å². The number of hydrogen-bond acceptors (Lipinski definition) is 2. The Morgan fingerprint density at radius 2 is 0.926 bits per heavy atom. The minimum atomic E-state index is -0.215. The minimum absolute atomic E-state index is 0.192. The van der Waals surface area contributed by atoms with Crippen molar-refractivity contribution in [3.8, 4) is 45.8 Å². The van der Waals surface area contributed by atoms with Gasteiger partial charge >= 0.3 is 0 Å². The Kier molecular flexibility index (Phi) is 5.90. The van der Waals surface area contributed by atoms with E-state index in [1.807, 2.05) is 18.2 Å². The van der Waals surface area contributed by atoms with Gasteiger partial charge in [0.25, 0.3) is 0 Å². The number of nitriles is 2. The molecule has 4 heteroatoms. The van der Waals surface area contributed by atoms with Crippen LogP contribution in [0.5, 0.6) is 0 Å². The van der Waals surface area contributed by atoms with Crippen molar-refractivity contribution in [3.63, 3.8) is 0 Å². The highest BCUT2D eigenvalue weighted by Crippen LogP contribution is 2.55. The van der Waals surface area contributed by atoms with Crippen molar-refractivity contribution in [1.29, 1.82) is 10.5 Å². The number of fused-ring (bicyclic) bond motifs is 14. The van der Waals surface area contributed by atoms with Gasteiger partial charge in [0.15, 0.2) is 0 Å². The largest absolute Gasteiger partial charge is 0.307 e. The molecule has 254 valence electrons. The molecule has 2 aliphatic rings. The van der Waals surface area contributed by atoms with E-state index in [-0.39, 0.29) is 10.8 Å². The van der Waals surface area contributed by atoms with E-state index in [0.717, 1.165) is 54.9 Å². The van der Waals surface area contributed by atoms with Crippen LogP contribution < -0.4 is 0 Å². The third kappa shape index (κ3) is 3.60. The Morgan fingerprint density at radius 3 is 1.46 bits per heavy atom. The highest BCUT2D eigenvalue weighted by molar-refractivity contribution is 6.17. The number of para-hydroxylation sites is 2. The average molecular weight is 691 g/mol. The summed E-state index contributed by atoms with van der Waals surface area (Å²) in [4.78, 5) is 0. The summed E-state index contributed by atoms with van der Waals surface area (Å²) in [5.74, 6) is 0. The fraction of sp³-hybridized carbons (Fsp3) is 0.120. The molecule has 0 amide bonds. The molecule has 0 radical (unpaired) electrons. The summed E-state index contributed by atoms with van der Waals surface area (Å²) in [5.41, 5.74) is 15.8. The van der Waals surface area contributed by atoms with Gasteiger partial charge in [-0.2, -0.15) is 10.5 Å². The highest BCUT2D eigenvalue weighted by Gasteiger charge is 2.39. The molecule has 0 aliphatic heterocycles. The third-order valence-corrected chi connectivity index (χ3v) is 12.6. The summed E-state index contributed by atoms with van der Waals surface area (Å²) >= 11 is 0. The van der Waals surface area contributed by atoms with Gasteiger partial charge in [0.05, 0.1) is 39.0 Å². The Labute approximate surface area is 313 Å². The Bertz CT molecular complexity index is 3240. The van der Waals surface area contributed by atoms with Gasteiger partial charge in [0.2, 0.25) is 0 Å². The molecule has 0 fully saturated rings. The van der Waals surface area contributed by atoms with Crippen LogP contribution in [0.1, 0.15) is 61.1 Å². The topological polar surface area (TPSA) is 57.4 Å². The second-order valence-corrected chi connectivity index (χ2v) is 15.9. The quantitative estimate of drug-likeness (QED) is 0.181. The van der Waals surface area contributed by atoms with Crippen LogP contribution in [0, 0.1) is 22.7 Å². The zero-order valence-corrected chi connectivity index (χ0v) is 30.5. The summed E-state index contributed by atoms with van der Waals surface area (Å²) in [6, 6.07) is 52.5. The Morgan fingerprint density at radius 1 is 0.444 bits per heavy atom. The fourth-order valence-electron chi connectivity index (χ4n) is 10.2. The van der Waals surface area contributed by atoms with Crippen LogP contribution >= 0.6 is 0 Å². The van der Waals surface area contributed by atoms with Crippen LogP contribution in [0.2, 0.25) is 0 Å². The maximum atomic E-state index is 11.5. The molecule has 7 aromatic carbocycles. The van der Waals surface area contributed by atoms with Crippen LogP contribution in [0.4, 0.5) is 0 Å². The molecular weight excluding hydrogens is 657 g/mol. The highest BCUT2D eigenvalue weighted by atomic mass is 15.0. The van der Waals surface area contributed by atoms with Crippen LogP contribution in [0.15, 0.2) is 133 Å². The van der Waals surface area contributed by atoms with Crippen LogP contribution in [-0.4, -0.2) is 9.13 Å². The first-order chi connectivity index (χ1) is 26.3. The van der Waals surface area contributed by atoms with Crippen LogP contribution in [0.25, 0.3) is 77.2 Å². The Balaban J connectivity index is 1.33. The van der Waals surface area contributed by atoms with Crippen LogP contribution in [-0.2, 0) is 10.8 Å². The lowest BCUT2D eigenvalue weighted by Gasteiger charge is -2.22. The van der Waals surface area contributed by atoms with Gasteiger partial charge < -0.3 is 9.13 Å². The summed E-state index contributed by atoms with van der Waals surface area (Å²) in [5, 5.41) is 26.8. The maximum absolute atomic E-state index is 11.5. The normalized spacial score (nSPS) is 14.6. The number of nitrogens with zero attached hydrogens (tertiary/aromatic N) is 4. The lowest BCUT2D eigenvalue weighted by Crippen LogP contribution is -2.15. The lowest BCUT2D eigenvalue weighted by molar-refractivity contribution is 0.660. The summed E-state index contributed by atoms with van der Waals surface area (Å²) in [7, 11) is 0. The van der Waals surface area contributed by atoms with Gasteiger partial charge in [0.1, 0.15) is 17.7 Å². The van der Waals surface area contributed by atoms with Gasteiger partial charge in [-0.1, -0.05) is 137 Å². The van der Waals surface area contributed by atoms with Crippen LogP contribution in [0.3, 0.4) is 0 Å². The molecule has 4 nitrogen and oxygen atoms in total. The molecule has 0 saturated carbocycles. The summed E-state index contributed by atoms with van der Waals surface area (Å²) < 4.78 is 4.51. The average Bonchev–Trinajstić information content (AvgIpc) is 3.86. The molecule has 9 aromatic rings. The fourth-order valence-corrected chi connectivity index (χ4v) is 10.2. The van der Waals surface area contributed by atoms with Crippen molar-refractivity contribution in [1.82, 2.24) is 9.13 Å². The van der Waals surface area contributed by atoms with E-state index < -0.39 is 0 Å². The molecule has 2 aliphatic carbocycles. The second-order valence-electron chi connectivity index (χ2n) is 15.9. The van der Waals surface area contributed by atoms with Crippen molar-refractivity contribution in [2.75, 3.05) is 0 Å². The van der Waals surface area contributed by atoms with Gasteiger partial charge in [0, 0.05) is 43.5 Å². The first-order valence-electron chi connectivity index (χ1n) is 18.6. The molecular formula is C50H34N4. The van der Waals surface area contributed by atoms with E-state index in [4.69, 9.17) is 0 Å². The van der Waals surface area contributed by atoms with Gasteiger partial charge in [-0.25, -0.2) is 0 Å². The summed E-state index contributed by atoms with van der Waals surface area (Å²) in [6.45, 7) is 9.19. The van der Waals surface area contributed by atoms with Gasteiger partial charge in [-0.15, -0.1) is 0 Å². The van der Waals surface area contributed by atoms with Crippen molar-refractivity contribution < 1.29 is 0 Å². The standard InChI is InChI=1S/C50H34N4/c1-49(2)37-17-9-5-15-34(37)44-39(49)24-22-32-30-13-7-11-19-41(30)53(47(32)44)43-26-21-29(27-51)46(36(43)28-52)54-42-20-12-8-14-31(42)33-23-25-40-45(48(33)54)35-16-6-10-18-38(35)50(40,3)4/h5-26H,1-4H3. The van der Waals surface area contributed by atoms with Crippen molar-refractivity contribution in [2.24, 2.45) is 0 Å². The molecule has 0 bridgehead atoms. The molecule has 0 spiro atoms. The smallest absolute Gasteiger partial charge is 0.104 e. The Hall–Kier alpha value is -6.88. The molecule has 11 rings (SSSR count). The van der Waals surface area contributed by atoms with E-state index in [9.17, 15) is 10.5 Å². The monoisotopic (exact) mass is 690 g/mol. The molecule has 0 saturated heterocycles. The third-order valence-electron chi connectivity index (χ3n) is 12.6. The molecule has 0 unspecified atom stereocenters. The van der Waals surface area contributed by atoms with Crippen molar-refractivity contribution >= 4 is 43.6 Å². The van der Waals surface area contributed by atoms with E-state index in [0.29, 0.717) is 16.8 Å². The lowest BCUT2D eigenvalue weighted by atomic mass is 9.82.